The smallest absolute Gasteiger partial charge is 0.0662 e. The van der Waals surface area contributed by atoms with Crippen molar-refractivity contribution < 1.29 is 4.74 Å². The van der Waals surface area contributed by atoms with E-state index in [-0.39, 0.29) is 0 Å². The Kier molecular flexibility index (Phi) is 2.62. The molecule has 0 aliphatic carbocycles. The third-order valence-corrected chi connectivity index (χ3v) is 2.34. The van der Waals surface area contributed by atoms with E-state index >= 15 is 0 Å². The lowest BCUT2D eigenvalue weighted by Crippen LogP contribution is -2.41. The van der Waals surface area contributed by atoms with Crippen molar-refractivity contribution in [2.75, 3.05) is 13.2 Å². The zero-order valence-electron chi connectivity index (χ0n) is 7.86. The average Bonchev–Trinajstić information content (AvgIpc) is 2.19. The maximum Gasteiger partial charge on any atom is 0.0662 e. The van der Waals surface area contributed by atoms with Crippen LogP contribution in [-0.2, 0) is 4.74 Å². The Morgan fingerprint density at radius 3 is 2.69 bits per heavy atom. The van der Waals surface area contributed by atoms with Gasteiger partial charge in [0.05, 0.1) is 19.3 Å². The second kappa shape index (κ2) is 3.90. The van der Waals surface area contributed by atoms with Gasteiger partial charge < -0.3 is 10.1 Å². The van der Waals surface area contributed by atoms with Crippen LogP contribution in [0, 0.1) is 0 Å². The highest BCUT2D eigenvalue weighted by molar-refractivity contribution is 5.19. The van der Waals surface area contributed by atoms with Crippen molar-refractivity contribution in [2.45, 2.75) is 19.0 Å². The SMILES string of the molecule is C[C@H]1COC[C@H](c2ccccc2)N1. The Morgan fingerprint density at radius 2 is 2.00 bits per heavy atom. The van der Waals surface area contributed by atoms with Crippen LogP contribution in [0.3, 0.4) is 0 Å². The Hall–Kier alpha value is -0.860. The van der Waals surface area contributed by atoms with Crippen molar-refractivity contribution in [3.8, 4) is 0 Å². The summed E-state index contributed by atoms with van der Waals surface area (Å²) in [6.45, 7) is 3.76. The first kappa shape index (κ1) is 8.73. The molecule has 1 aromatic carbocycles. The minimum Gasteiger partial charge on any atom is -0.378 e. The summed E-state index contributed by atoms with van der Waals surface area (Å²) >= 11 is 0. The standard InChI is InChI=1S/C11H15NO/c1-9-7-13-8-11(12-9)10-5-3-2-4-6-10/h2-6,9,11-12H,7-8H2,1H3/t9-,11+/m0/s1. The highest BCUT2D eigenvalue weighted by Gasteiger charge is 2.18. The lowest BCUT2D eigenvalue weighted by molar-refractivity contribution is 0.0504. The summed E-state index contributed by atoms with van der Waals surface area (Å²) in [5.74, 6) is 0. The van der Waals surface area contributed by atoms with E-state index in [9.17, 15) is 0 Å². The number of hydrogen-bond donors (Lipinski definition) is 1. The van der Waals surface area contributed by atoms with E-state index in [4.69, 9.17) is 4.74 Å². The van der Waals surface area contributed by atoms with Crippen molar-refractivity contribution in [1.29, 1.82) is 0 Å². The van der Waals surface area contributed by atoms with Gasteiger partial charge in [-0.1, -0.05) is 30.3 Å². The summed E-state index contributed by atoms with van der Waals surface area (Å²) in [7, 11) is 0. The van der Waals surface area contributed by atoms with Crippen LogP contribution in [0.2, 0.25) is 0 Å². The molecule has 0 amide bonds. The maximum atomic E-state index is 5.49. The Labute approximate surface area is 78.9 Å². The van der Waals surface area contributed by atoms with Gasteiger partial charge in [-0.2, -0.15) is 0 Å². The van der Waals surface area contributed by atoms with Crippen LogP contribution < -0.4 is 5.32 Å². The molecule has 0 radical (unpaired) electrons. The molecule has 1 fully saturated rings. The third-order valence-electron chi connectivity index (χ3n) is 2.34. The summed E-state index contributed by atoms with van der Waals surface area (Å²) in [4.78, 5) is 0. The van der Waals surface area contributed by atoms with Crippen LogP contribution in [0.25, 0.3) is 0 Å². The quantitative estimate of drug-likeness (QED) is 0.705. The first-order chi connectivity index (χ1) is 6.36. The molecule has 1 aromatic rings. The third kappa shape index (κ3) is 2.08. The van der Waals surface area contributed by atoms with Crippen molar-refractivity contribution in [1.82, 2.24) is 5.32 Å². The van der Waals surface area contributed by atoms with E-state index < -0.39 is 0 Å². The molecule has 0 unspecified atom stereocenters. The highest BCUT2D eigenvalue weighted by Crippen LogP contribution is 2.16. The van der Waals surface area contributed by atoms with Gasteiger partial charge in [-0.05, 0) is 12.5 Å². The van der Waals surface area contributed by atoms with Gasteiger partial charge in [0, 0.05) is 6.04 Å². The van der Waals surface area contributed by atoms with Crippen molar-refractivity contribution >= 4 is 0 Å². The molecule has 1 aliphatic rings. The lowest BCUT2D eigenvalue weighted by atomic mass is 10.1. The second-order valence-corrected chi connectivity index (χ2v) is 3.57. The molecule has 1 aliphatic heterocycles. The Balaban J connectivity index is 2.08. The molecule has 0 spiro atoms. The van der Waals surface area contributed by atoms with Crippen LogP contribution >= 0.6 is 0 Å². The molecular weight excluding hydrogens is 162 g/mol. The fourth-order valence-corrected chi connectivity index (χ4v) is 1.68. The van der Waals surface area contributed by atoms with Crippen LogP contribution in [0.4, 0.5) is 0 Å². The largest absolute Gasteiger partial charge is 0.378 e. The highest BCUT2D eigenvalue weighted by atomic mass is 16.5. The molecule has 1 N–H and O–H groups in total. The zero-order chi connectivity index (χ0) is 9.10. The Morgan fingerprint density at radius 1 is 1.23 bits per heavy atom. The van der Waals surface area contributed by atoms with E-state index in [0.29, 0.717) is 12.1 Å². The molecule has 0 bridgehead atoms. The predicted octanol–water partition coefficient (Wildman–Crippen LogP) is 1.74. The Bertz CT molecular complexity index is 260. The lowest BCUT2D eigenvalue weighted by Gasteiger charge is -2.29. The van der Waals surface area contributed by atoms with E-state index in [1.54, 1.807) is 0 Å². The zero-order valence-corrected chi connectivity index (χ0v) is 7.86. The van der Waals surface area contributed by atoms with Crippen LogP contribution in [-0.4, -0.2) is 19.3 Å². The fraction of sp³-hybridized carbons (Fsp3) is 0.455. The fourth-order valence-electron chi connectivity index (χ4n) is 1.68. The number of morpholine rings is 1. The molecule has 70 valence electrons. The van der Waals surface area contributed by atoms with Crippen LogP contribution in [0.5, 0.6) is 0 Å². The summed E-state index contributed by atoms with van der Waals surface area (Å²) < 4.78 is 5.49. The molecular formula is C11H15NO. The molecule has 1 heterocycles. The first-order valence-corrected chi connectivity index (χ1v) is 4.75. The van der Waals surface area contributed by atoms with Crippen molar-refractivity contribution in [2.24, 2.45) is 0 Å². The minimum absolute atomic E-state index is 0.366. The van der Waals surface area contributed by atoms with Gasteiger partial charge in [0.25, 0.3) is 0 Å². The van der Waals surface area contributed by atoms with Gasteiger partial charge in [-0.15, -0.1) is 0 Å². The minimum atomic E-state index is 0.366. The van der Waals surface area contributed by atoms with E-state index in [2.05, 4.69) is 36.5 Å². The van der Waals surface area contributed by atoms with Crippen LogP contribution in [0.1, 0.15) is 18.5 Å². The summed E-state index contributed by atoms with van der Waals surface area (Å²) in [6.07, 6.45) is 0. The average molecular weight is 177 g/mol. The van der Waals surface area contributed by atoms with Gasteiger partial charge in [0.2, 0.25) is 0 Å². The van der Waals surface area contributed by atoms with E-state index in [0.717, 1.165) is 13.2 Å². The molecule has 2 atom stereocenters. The second-order valence-electron chi connectivity index (χ2n) is 3.57. The molecule has 2 rings (SSSR count). The monoisotopic (exact) mass is 177 g/mol. The predicted molar refractivity (Wildman–Crippen MR) is 52.6 cm³/mol. The number of ether oxygens (including phenoxy) is 1. The molecule has 2 heteroatoms. The van der Waals surface area contributed by atoms with Crippen molar-refractivity contribution in [3.05, 3.63) is 35.9 Å². The summed E-state index contributed by atoms with van der Waals surface area (Å²) in [5.41, 5.74) is 1.31. The van der Waals surface area contributed by atoms with Gasteiger partial charge in [0.15, 0.2) is 0 Å². The maximum absolute atomic E-state index is 5.49. The van der Waals surface area contributed by atoms with Gasteiger partial charge in [-0.3, -0.25) is 0 Å². The van der Waals surface area contributed by atoms with E-state index in [1.165, 1.54) is 5.56 Å². The topological polar surface area (TPSA) is 21.3 Å². The number of hydrogen-bond acceptors (Lipinski definition) is 2. The van der Waals surface area contributed by atoms with Gasteiger partial charge in [0.1, 0.15) is 0 Å². The number of nitrogens with one attached hydrogen (secondary N) is 1. The summed E-state index contributed by atoms with van der Waals surface area (Å²) in [6, 6.07) is 11.3. The molecule has 1 saturated heterocycles. The first-order valence-electron chi connectivity index (χ1n) is 4.75. The molecule has 0 saturated carbocycles. The van der Waals surface area contributed by atoms with E-state index in [1.807, 2.05) is 6.07 Å². The normalized spacial score (nSPS) is 28.7. The van der Waals surface area contributed by atoms with Crippen LogP contribution in [0.15, 0.2) is 30.3 Å². The van der Waals surface area contributed by atoms with Gasteiger partial charge in [-0.25, -0.2) is 0 Å². The van der Waals surface area contributed by atoms with Crippen molar-refractivity contribution in [3.63, 3.8) is 0 Å². The molecule has 13 heavy (non-hydrogen) atoms. The number of benzene rings is 1. The number of rotatable bonds is 1. The molecule has 0 aromatic heterocycles. The van der Waals surface area contributed by atoms with Gasteiger partial charge >= 0.3 is 0 Å². The molecule has 2 nitrogen and oxygen atoms in total. The summed E-state index contributed by atoms with van der Waals surface area (Å²) in [5, 5.41) is 3.51.